The summed E-state index contributed by atoms with van der Waals surface area (Å²) in [5.74, 6) is 0. The highest BCUT2D eigenvalue weighted by Crippen LogP contribution is 2.31. The van der Waals surface area contributed by atoms with Gasteiger partial charge in [0, 0.05) is 4.47 Å². The summed E-state index contributed by atoms with van der Waals surface area (Å²) in [6.45, 7) is 5.55. The van der Waals surface area contributed by atoms with Gasteiger partial charge in [0.1, 0.15) is 0 Å². The zero-order valence-electron chi connectivity index (χ0n) is 13.4. The molecule has 0 radical (unpaired) electrons. The number of aryl methyl sites for hydroxylation is 1. The molecule has 1 aliphatic rings. The zero-order valence-corrected chi connectivity index (χ0v) is 15.0. The van der Waals surface area contributed by atoms with Crippen LogP contribution < -0.4 is 5.32 Å². The highest BCUT2D eigenvalue weighted by molar-refractivity contribution is 9.10. The molecule has 0 spiro atoms. The monoisotopic (exact) mass is 349 g/mol. The molecule has 0 fully saturated rings. The van der Waals surface area contributed by atoms with Crippen molar-refractivity contribution in [3.63, 3.8) is 0 Å². The Morgan fingerprint density at radius 3 is 2.76 bits per heavy atom. The molecule has 1 N–H and O–H groups in total. The maximum atomic E-state index is 3.78. The Hall–Kier alpha value is -0.600. The SMILES string of the molecule is CCCNC(/C1=C/CCCCCC1)c1ccc(Br)cc1C. The molecule has 0 aliphatic heterocycles. The predicted molar refractivity (Wildman–Crippen MR) is 95.7 cm³/mol. The molecule has 1 nitrogen and oxygen atoms in total. The Balaban J connectivity index is 2.27. The second-order valence-corrected chi connectivity index (χ2v) is 7.04. The van der Waals surface area contributed by atoms with Gasteiger partial charge in [0.05, 0.1) is 6.04 Å². The number of rotatable bonds is 5. The van der Waals surface area contributed by atoms with E-state index < -0.39 is 0 Å². The second kappa shape index (κ2) is 8.75. The van der Waals surface area contributed by atoms with Gasteiger partial charge in [-0.15, -0.1) is 0 Å². The fraction of sp³-hybridized carbons (Fsp3) is 0.579. The minimum absolute atomic E-state index is 0.399. The highest BCUT2D eigenvalue weighted by atomic mass is 79.9. The smallest absolute Gasteiger partial charge is 0.0538 e. The Morgan fingerprint density at radius 1 is 1.19 bits per heavy atom. The van der Waals surface area contributed by atoms with E-state index in [4.69, 9.17) is 0 Å². The Labute approximate surface area is 138 Å². The molecular weight excluding hydrogens is 322 g/mol. The lowest BCUT2D eigenvalue weighted by Gasteiger charge is -2.25. The van der Waals surface area contributed by atoms with E-state index in [9.17, 15) is 0 Å². The molecule has 0 saturated heterocycles. The van der Waals surface area contributed by atoms with E-state index in [0.717, 1.165) is 6.54 Å². The van der Waals surface area contributed by atoms with Crippen LogP contribution in [0.2, 0.25) is 0 Å². The summed E-state index contributed by atoms with van der Waals surface area (Å²) in [5, 5.41) is 3.78. The molecule has 0 bridgehead atoms. The van der Waals surface area contributed by atoms with Crippen LogP contribution in [0.25, 0.3) is 0 Å². The van der Waals surface area contributed by atoms with Crippen LogP contribution in [0, 0.1) is 6.92 Å². The van der Waals surface area contributed by atoms with E-state index in [1.54, 1.807) is 5.57 Å². The molecule has 2 rings (SSSR count). The number of nitrogens with one attached hydrogen (secondary N) is 1. The molecule has 1 aliphatic carbocycles. The Morgan fingerprint density at radius 2 is 2.00 bits per heavy atom. The average molecular weight is 350 g/mol. The molecular formula is C19H28BrN. The maximum absolute atomic E-state index is 3.78. The van der Waals surface area contributed by atoms with Crippen molar-refractivity contribution >= 4 is 15.9 Å². The van der Waals surface area contributed by atoms with Gasteiger partial charge in [0.2, 0.25) is 0 Å². The third-order valence-electron chi connectivity index (χ3n) is 4.34. The normalized spacial score (nSPS) is 20.2. The van der Waals surface area contributed by atoms with E-state index in [-0.39, 0.29) is 0 Å². The zero-order chi connectivity index (χ0) is 15.1. The number of benzene rings is 1. The first-order valence-corrected chi connectivity index (χ1v) is 9.20. The summed E-state index contributed by atoms with van der Waals surface area (Å²) in [6.07, 6.45) is 11.7. The first-order chi connectivity index (χ1) is 10.2. The lowest BCUT2D eigenvalue weighted by atomic mass is 9.89. The molecule has 116 valence electrons. The first-order valence-electron chi connectivity index (χ1n) is 8.40. The van der Waals surface area contributed by atoms with E-state index in [1.807, 2.05) is 0 Å². The van der Waals surface area contributed by atoms with Crippen molar-refractivity contribution in [1.29, 1.82) is 0 Å². The van der Waals surface area contributed by atoms with Gasteiger partial charge < -0.3 is 5.32 Å². The molecule has 0 aromatic heterocycles. The van der Waals surface area contributed by atoms with Crippen LogP contribution in [0.15, 0.2) is 34.3 Å². The number of allylic oxidation sites excluding steroid dienone is 1. The number of halogens is 1. The quantitative estimate of drug-likeness (QED) is 0.635. The molecule has 21 heavy (non-hydrogen) atoms. The Kier molecular flexibility index (Phi) is 6.98. The largest absolute Gasteiger partial charge is 0.307 e. The summed E-state index contributed by atoms with van der Waals surface area (Å²) < 4.78 is 1.17. The standard InChI is InChI=1S/C19H28BrN/c1-3-13-21-19(16-9-7-5-4-6-8-10-16)18-12-11-17(20)14-15(18)2/h9,11-12,14,19,21H,3-8,10,13H2,1-2H3/b16-9+. The van der Waals surface area contributed by atoms with Crippen LogP contribution in [-0.2, 0) is 0 Å². The third kappa shape index (κ3) is 4.96. The molecule has 0 amide bonds. The van der Waals surface area contributed by atoms with E-state index in [1.165, 1.54) is 60.5 Å². The predicted octanol–water partition coefficient (Wildman–Crippen LogP) is 6.08. The summed E-state index contributed by atoms with van der Waals surface area (Å²) >= 11 is 3.58. The van der Waals surface area contributed by atoms with Gasteiger partial charge in [0.25, 0.3) is 0 Å². The maximum Gasteiger partial charge on any atom is 0.0538 e. The molecule has 1 atom stereocenters. The Bertz CT molecular complexity index is 478. The summed E-state index contributed by atoms with van der Waals surface area (Å²) in [6, 6.07) is 7.09. The second-order valence-electron chi connectivity index (χ2n) is 6.12. The molecule has 1 unspecified atom stereocenters. The van der Waals surface area contributed by atoms with Crippen molar-refractivity contribution in [3.8, 4) is 0 Å². The number of hydrogen-bond acceptors (Lipinski definition) is 1. The molecule has 0 saturated carbocycles. The van der Waals surface area contributed by atoms with Crippen molar-refractivity contribution in [3.05, 3.63) is 45.4 Å². The van der Waals surface area contributed by atoms with E-state index in [2.05, 4.69) is 59.4 Å². The summed E-state index contributed by atoms with van der Waals surface area (Å²) in [5.41, 5.74) is 4.42. The minimum Gasteiger partial charge on any atom is -0.307 e. The van der Waals surface area contributed by atoms with E-state index in [0.29, 0.717) is 6.04 Å². The van der Waals surface area contributed by atoms with E-state index >= 15 is 0 Å². The van der Waals surface area contributed by atoms with Crippen LogP contribution >= 0.6 is 15.9 Å². The van der Waals surface area contributed by atoms with Crippen molar-refractivity contribution < 1.29 is 0 Å². The van der Waals surface area contributed by atoms with Crippen molar-refractivity contribution in [2.75, 3.05) is 6.54 Å². The molecule has 1 aromatic carbocycles. The van der Waals surface area contributed by atoms with Gasteiger partial charge in [0.15, 0.2) is 0 Å². The fourth-order valence-corrected chi connectivity index (χ4v) is 3.65. The summed E-state index contributed by atoms with van der Waals surface area (Å²) in [7, 11) is 0. The molecule has 0 heterocycles. The third-order valence-corrected chi connectivity index (χ3v) is 4.83. The number of hydrogen-bond donors (Lipinski definition) is 1. The van der Waals surface area contributed by atoms with Gasteiger partial charge in [-0.05, 0) is 68.8 Å². The van der Waals surface area contributed by atoms with Crippen molar-refractivity contribution in [2.24, 2.45) is 0 Å². The average Bonchev–Trinajstić information content (AvgIpc) is 2.42. The minimum atomic E-state index is 0.399. The highest BCUT2D eigenvalue weighted by Gasteiger charge is 2.18. The van der Waals surface area contributed by atoms with Crippen molar-refractivity contribution in [2.45, 2.75) is 64.8 Å². The fourth-order valence-electron chi connectivity index (χ4n) is 3.17. The topological polar surface area (TPSA) is 12.0 Å². The van der Waals surface area contributed by atoms with Crippen LogP contribution in [0.4, 0.5) is 0 Å². The molecule has 1 aromatic rings. The molecule has 2 heteroatoms. The van der Waals surface area contributed by atoms with Gasteiger partial charge in [-0.3, -0.25) is 0 Å². The summed E-state index contributed by atoms with van der Waals surface area (Å²) in [4.78, 5) is 0. The van der Waals surface area contributed by atoms with Crippen LogP contribution in [0.1, 0.15) is 69.0 Å². The van der Waals surface area contributed by atoms with Crippen LogP contribution in [0.3, 0.4) is 0 Å². The van der Waals surface area contributed by atoms with Gasteiger partial charge in [-0.2, -0.15) is 0 Å². The van der Waals surface area contributed by atoms with Crippen molar-refractivity contribution in [1.82, 2.24) is 5.32 Å². The lowest BCUT2D eigenvalue weighted by Crippen LogP contribution is -2.25. The van der Waals surface area contributed by atoms with Gasteiger partial charge >= 0.3 is 0 Å². The van der Waals surface area contributed by atoms with Crippen LogP contribution in [0.5, 0.6) is 0 Å². The lowest BCUT2D eigenvalue weighted by molar-refractivity contribution is 0.539. The first kappa shape index (κ1) is 16.8. The van der Waals surface area contributed by atoms with Gasteiger partial charge in [-0.25, -0.2) is 0 Å². The van der Waals surface area contributed by atoms with Crippen LogP contribution in [-0.4, -0.2) is 6.54 Å². The van der Waals surface area contributed by atoms with Gasteiger partial charge in [-0.1, -0.05) is 53.4 Å².